The maximum Gasteiger partial charge on any atom is 0.240 e. The summed E-state index contributed by atoms with van der Waals surface area (Å²) in [4.78, 5) is 15.7. The zero-order valence-corrected chi connectivity index (χ0v) is 8.89. The number of nitrogens with one attached hydrogen (secondary N) is 1. The fraction of sp³-hybridized carbons (Fsp3) is 0.273. The summed E-state index contributed by atoms with van der Waals surface area (Å²) in [5.74, 6) is -0.0476. The van der Waals surface area contributed by atoms with Gasteiger partial charge in [0.1, 0.15) is 6.54 Å². The molecule has 0 saturated heterocycles. The van der Waals surface area contributed by atoms with Crippen LogP contribution in [0.2, 0.25) is 0 Å². The largest absolute Gasteiger partial charge is 0.353 e. The van der Waals surface area contributed by atoms with Crippen molar-refractivity contribution in [1.29, 1.82) is 0 Å². The van der Waals surface area contributed by atoms with E-state index < -0.39 is 0 Å². The first-order chi connectivity index (χ1) is 7.81. The van der Waals surface area contributed by atoms with Gasteiger partial charge in [0.05, 0.1) is 17.4 Å². The molecule has 1 aromatic carbocycles. The van der Waals surface area contributed by atoms with Crippen molar-refractivity contribution < 1.29 is 4.79 Å². The fourth-order valence-electron chi connectivity index (χ4n) is 1.56. The Morgan fingerprint density at radius 2 is 2.25 bits per heavy atom. The lowest BCUT2D eigenvalue weighted by molar-refractivity contribution is -0.121. The molecule has 84 valence electrons. The van der Waals surface area contributed by atoms with Gasteiger partial charge in [0.25, 0.3) is 0 Å². The Morgan fingerprint density at radius 1 is 1.44 bits per heavy atom. The molecule has 2 rings (SSSR count). The highest BCUT2D eigenvalue weighted by Gasteiger charge is 2.05. The number of nitrogens with zero attached hydrogens (tertiary/aromatic N) is 2. The second-order valence-electron chi connectivity index (χ2n) is 3.50. The lowest BCUT2D eigenvalue weighted by Gasteiger charge is -2.05. The van der Waals surface area contributed by atoms with E-state index in [1.807, 2.05) is 28.8 Å². The molecule has 2 aromatic rings. The number of carbonyl (C=O) groups is 1. The quantitative estimate of drug-likeness (QED) is 0.765. The van der Waals surface area contributed by atoms with Crippen molar-refractivity contribution in [2.75, 3.05) is 13.1 Å². The van der Waals surface area contributed by atoms with Crippen LogP contribution < -0.4 is 11.1 Å². The minimum atomic E-state index is -0.0476. The molecule has 0 fully saturated rings. The number of hydrogen-bond donors (Lipinski definition) is 2. The molecule has 0 atom stereocenters. The van der Waals surface area contributed by atoms with Gasteiger partial charge in [-0.1, -0.05) is 12.1 Å². The number of amides is 1. The summed E-state index contributed by atoms with van der Waals surface area (Å²) < 4.78 is 1.82. The molecule has 0 radical (unpaired) electrons. The maximum absolute atomic E-state index is 11.5. The lowest BCUT2D eigenvalue weighted by Crippen LogP contribution is -2.31. The van der Waals surface area contributed by atoms with Crippen molar-refractivity contribution in [2.45, 2.75) is 6.54 Å². The van der Waals surface area contributed by atoms with Crippen molar-refractivity contribution in [3.8, 4) is 0 Å². The average molecular weight is 218 g/mol. The maximum atomic E-state index is 11.5. The lowest BCUT2D eigenvalue weighted by atomic mass is 10.3. The predicted octanol–water partition coefficient (Wildman–Crippen LogP) is 0.111. The Bertz CT molecular complexity index is 491. The van der Waals surface area contributed by atoms with Gasteiger partial charge in [0.2, 0.25) is 5.91 Å². The van der Waals surface area contributed by atoms with Crippen molar-refractivity contribution >= 4 is 16.9 Å². The predicted molar refractivity (Wildman–Crippen MR) is 61.8 cm³/mol. The highest BCUT2D eigenvalue weighted by molar-refractivity contribution is 5.80. The molecule has 0 saturated carbocycles. The average Bonchev–Trinajstić information content (AvgIpc) is 2.70. The summed E-state index contributed by atoms with van der Waals surface area (Å²) in [7, 11) is 0. The topological polar surface area (TPSA) is 72.9 Å². The first-order valence-electron chi connectivity index (χ1n) is 5.18. The standard InChI is InChI=1S/C11H14N4O/c12-5-6-13-11(16)7-15-8-14-9-3-1-2-4-10(9)15/h1-4,8H,5-7,12H2,(H,13,16). The van der Waals surface area contributed by atoms with Crippen LogP contribution in [0, 0.1) is 0 Å². The fourth-order valence-corrected chi connectivity index (χ4v) is 1.56. The van der Waals surface area contributed by atoms with Crippen molar-refractivity contribution in [1.82, 2.24) is 14.9 Å². The highest BCUT2D eigenvalue weighted by Crippen LogP contribution is 2.11. The van der Waals surface area contributed by atoms with Gasteiger partial charge in [0.15, 0.2) is 0 Å². The summed E-state index contributed by atoms with van der Waals surface area (Å²) >= 11 is 0. The molecule has 0 aliphatic carbocycles. The summed E-state index contributed by atoms with van der Waals surface area (Å²) in [5.41, 5.74) is 7.17. The molecule has 5 heteroatoms. The second-order valence-corrected chi connectivity index (χ2v) is 3.50. The van der Waals surface area contributed by atoms with Gasteiger partial charge in [0, 0.05) is 13.1 Å². The molecular formula is C11H14N4O. The van der Waals surface area contributed by atoms with E-state index in [4.69, 9.17) is 5.73 Å². The van der Waals surface area contributed by atoms with Gasteiger partial charge < -0.3 is 15.6 Å². The van der Waals surface area contributed by atoms with Gasteiger partial charge in [-0.15, -0.1) is 0 Å². The van der Waals surface area contributed by atoms with Gasteiger partial charge in [-0.05, 0) is 12.1 Å². The zero-order chi connectivity index (χ0) is 11.4. The number of aromatic nitrogens is 2. The second kappa shape index (κ2) is 4.76. The first-order valence-corrected chi connectivity index (χ1v) is 5.18. The molecule has 1 heterocycles. The number of fused-ring (bicyclic) bond motifs is 1. The molecule has 0 unspecified atom stereocenters. The van der Waals surface area contributed by atoms with Crippen LogP contribution in [0.1, 0.15) is 0 Å². The molecule has 1 aromatic heterocycles. The molecule has 5 nitrogen and oxygen atoms in total. The number of rotatable bonds is 4. The van der Waals surface area contributed by atoms with E-state index in [-0.39, 0.29) is 12.5 Å². The molecule has 0 spiro atoms. The monoisotopic (exact) mass is 218 g/mol. The van der Waals surface area contributed by atoms with Crippen LogP contribution in [0.5, 0.6) is 0 Å². The summed E-state index contributed by atoms with van der Waals surface area (Å²) in [6.07, 6.45) is 1.67. The molecule has 1 amide bonds. The third-order valence-corrected chi connectivity index (χ3v) is 2.31. The Labute approximate surface area is 93.3 Å². The summed E-state index contributed by atoms with van der Waals surface area (Å²) in [6.45, 7) is 1.24. The molecule has 0 aliphatic heterocycles. The zero-order valence-electron chi connectivity index (χ0n) is 8.89. The smallest absolute Gasteiger partial charge is 0.240 e. The molecule has 3 N–H and O–H groups in total. The molecule has 16 heavy (non-hydrogen) atoms. The number of carbonyl (C=O) groups excluding carboxylic acids is 1. The van der Waals surface area contributed by atoms with E-state index in [1.54, 1.807) is 6.33 Å². The first kappa shape index (κ1) is 10.6. The molecular weight excluding hydrogens is 204 g/mol. The third-order valence-electron chi connectivity index (χ3n) is 2.31. The van der Waals surface area contributed by atoms with Crippen LogP contribution in [0.25, 0.3) is 11.0 Å². The van der Waals surface area contributed by atoms with E-state index in [0.717, 1.165) is 11.0 Å². The summed E-state index contributed by atoms with van der Waals surface area (Å²) in [6, 6.07) is 7.72. The van der Waals surface area contributed by atoms with E-state index in [0.29, 0.717) is 13.1 Å². The summed E-state index contributed by atoms with van der Waals surface area (Å²) in [5, 5.41) is 2.72. The molecule has 0 aliphatic rings. The van der Waals surface area contributed by atoms with E-state index in [2.05, 4.69) is 10.3 Å². The number of para-hydroxylation sites is 2. The Balaban J connectivity index is 2.12. The number of benzene rings is 1. The van der Waals surface area contributed by atoms with E-state index >= 15 is 0 Å². The number of nitrogens with two attached hydrogens (primary N) is 1. The van der Waals surface area contributed by atoms with Crippen molar-refractivity contribution in [3.05, 3.63) is 30.6 Å². The Kier molecular flexibility index (Phi) is 3.16. The third kappa shape index (κ3) is 2.20. The van der Waals surface area contributed by atoms with Crippen LogP contribution in [0.4, 0.5) is 0 Å². The van der Waals surface area contributed by atoms with Gasteiger partial charge in [-0.2, -0.15) is 0 Å². The van der Waals surface area contributed by atoms with E-state index in [1.165, 1.54) is 0 Å². The SMILES string of the molecule is NCCNC(=O)Cn1cnc2ccccc21. The van der Waals surface area contributed by atoms with Crippen LogP contribution in [0.3, 0.4) is 0 Å². The Morgan fingerprint density at radius 3 is 3.06 bits per heavy atom. The number of hydrogen-bond acceptors (Lipinski definition) is 3. The number of imidazole rings is 1. The minimum Gasteiger partial charge on any atom is -0.353 e. The Hall–Kier alpha value is -1.88. The molecule has 0 bridgehead atoms. The van der Waals surface area contributed by atoms with Gasteiger partial charge >= 0.3 is 0 Å². The van der Waals surface area contributed by atoms with E-state index in [9.17, 15) is 4.79 Å². The van der Waals surface area contributed by atoms with Crippen molar-refractivity contribution in [2.24, 2.45) is 5.73 Å². The van der Waals surface area contributed by atoms with Crippen LogP contribution in [-0.2, 0) is 11.3 Å². The van der Waals surface area contributed by atoms with Crippen LogP contribution in [0.15, 0.2) is 30.6 Å². The van der Waals surface area contributed by atoms with Gasteiger partial charge in [-0.25, -0.2) is 4.98 Å². The van der Waals surface area contributed by atoms with Crippen LogP contribution in [-0.4, -0.2) is 28.5 Å². The van der Waals surface area contributed by atoms with Crippen LogP contribution >= 0.6 is 0 Å². The highest BCUT2D eigenvalue weighted by atomic mass is 16.1. The van der Waals surface area contributed by atoms with Crippen molar-refractivity contribution in [3.63, 3.8) is 0 Å². The van der Waals surface area contributed by atoms with Gasteiger partial charge in [-0.3, -0.25) is 4.79 Å². The normalized spacial score (nSPS) is 10.6. The minimum absolute atomic E-state index is 0.0476.